The van der Waals surface area contributed by atoms with Crippen LogP contribution in [0.5, 0.6) is 0 Å². The third kappa shape index (κ3) is 5.58. The van der Waals surface area contributed by atoms with Crippen molar-refractivity contribution in [3.63, 3.8) is 0 Å². The van der Waals surface area contributed by atoms with Gasteiger partial charge in [-0.1, -0.05) is 12.1 Å². The van der Waals surface area contributed by atoms with Gasteiger partial charge in [-0.05, 0) is 49.7 Å². The Morgan fingerprint density at radius 3 is 2.69 bits per heavy atom. The molecule has 12 heteroatoms. The minimum atomic E-state index is -4.65. The molecule has 2 unspecified atom stereocenters. The standard InChI is InChI=1S/C17H15FN4O.C3H6F4NP/c18-13-4-1-3-12(9-13)15-5-2-8-21(15)17-7-6-16-19-10-14(11-23)22(16)20-17;1-8-2-9(7)3(4,5)6/h1,3-4,6-7,9-11,15H,2,5,8H2;8H,2H2,1H3. The van der Waals surface area contributed by atoms with Gasteiger partial charge in [0.2, 0.25) is 8.23 Å². The first kappa shape index (κ1) is 24.0. The number of anilines is 1. The largest absolute Gasteiger partial charge is 0.436 e. The van der Waals surface area contributed by atoms with E-state index in [-0.39, 0.29) is 11.9 Å². The Bertz CT molecular complexity index is 1060. The van der Waals surface area contributed by atoms with Gasteiger partial charge in [-0.15, -0.1) is 5.10 Å². The Labute approximate surface area is 182 Å². The van der Waals surface area contributed by atoms with Gasteiger partial charge < -0.3 is 10.2 Å². The number of hydrogen-bond donors (Lipinski definition) is 1. The second-order valence-electron chi connectivity index (χ2n) is 7.01. The van der Waals surface area contributed by atoms with E-state index in [2.05, 4.69) is 20.3 Å². The first-order valence-electron chi connectivity index (χ1n) is 9.71. The summed E-state index contributed by atoms with van der Waals surface area (Å²) in [7, 11) is -2.05. The lowest BCUT2D eigenvalue weighted by molar-refractivity contribution is -0.0444. The predicted molar refractivity (Wildman–Crippen MR) is 112 cm³/mol. The van der Waals surface area contributed by atoms with Crippen molar-refractivity contribution in [1.82, 2.24) is 19.9 Å². The van der Waals surface area contributed by atoms with Gasteiger partial charge in [-0.25, -0.2) is 18.1 Å². The van der Waals surface area contributed by atoms with Crippen LogP contribution in [0.25, 0.3) is 5.65 Å². The predicted octanol–water partition coefficient (Wildman–Crippen LogP) is 5.07. The molecule has 2 atom stereocenters. The average molecular weight is 473 g/mol. The van der Waals surface area contributed by atoms with Crippen LogP contribution in [0.3, 0.4) is 0 Å². The molecule has 1 aromatic carbocycles. The first-order valence-corrected chi connectivity index (χ1v) is 11.1. The van der Waals surface area contributed by atoms with Gasteiger partial charge in [0.25, 0.3) is 0 Å². The average Bonchev–Trinajstić information content (AvgIpc) is 3.40. The van der Waals surface area contributed by atoms with E-state index < -0.39 is 20.4 Å². The minimum absolute atomic E-state index is 0.0962. The van der Waals surface area contributed by atoms with Crippen LogP contribution < -0.4 is 10.2 Å². The number of benzene rings is 1. The van der Waals surface area contributed by atoms with Crippen molar-refractivity contribution in [2.24, 2.45) is 0 Å². The van der Waals surface area contributed by atoms with Crippen LogP contribution in [-0.4, -0.2) is 46.7 Å². The van der Waals surface area contributed by atoms with Crippen molar-refractivity contribution in [2.45, 2.75) is 24.8 Å². The van der Waals surface area contributed by atoms with Crippen LogP contribution in [0.2, 0.25) is 0 Å². The molecule has 1 aliphatic heterocycles. The van der Waals surface area contributed by atoms with Gasteiger partial charge in [0.05, 0.1) is 18.5 Å². The van der Waals surface area contributed by atoms with E-state index in [4.69, 9.17) is 0 Å². The van der Waals surface area contributed by atoms with E-state index in [1.54, 1.807) is 16.6 Å². The zero-order valence-corrected chi connectivity index (χ0v) is 18.0. The molecular formula is C20H21F5N5OP. The summed E-state index contributed by atoms with van der Waals surface area (Å²) in [5, 5.41) is 6.65. The van der Waals surface area contributed by atoms with Gasteiger partial charge in [0.1, 0.15) is 17.3 Å². The highest BCUT2D eigenvalue weighted by atomic mass is 31.2. The highest BCUT2D eigenvalue weighted by Gasteiger charge is 2.40. The third-order valence-corrected chi connectivity index (χ3v) is 5.99. The van der Waals surface area contributed by atoms with Crippen LogP contribution in [0.15, 0.2) is 42.6 Å². The molecule has 0 saturated carbocycles. The van der Waals surface area contributed by atoms with Gasteiger partial charge in [0.15, 0.2) is 11.9 Å². The lowest BCUT2D eigenvalue weighted by Crippen LogP contribution is -2.24. The second kappa shape index (κ2) is 10.3. The van der Waals surface area contributed by atoms with E-state index in [9.17, 15) is 26.6 Å². The lowest BCUT2D eigenvalue weighted by atomic mass is 10.0. The van der Waals surface area contributed by atoms with E-state index >= 15 is 0 Å². The van der Waals surface area contributed by atoms with Gasteiger partial charge >= 0.3 is 5.92 Å². The van der Waals surface area contributed by atoms with Crippen molar-refractivity contribution in [1.29, 1.82) is 0 Å². The van der Waals surface area contributed by atoms with E-state index in [0.717, 1.165) is 37.1 Å². The maximum Gasteiger partial charge on any atom is 0.436 e. The number of rotatable bonds is 5. The quantitative estimate of drug-likeness (QED) is 0.319. The SMILES string of the molecule is CNCP(F)C(F)(F)F.O=Cc1cnc2ccc(N3CCCC3c3cccc(F)c3)nn12. The molecule has 0 bridgehead atoms. The summed E-state index contributed by atoms with van der Waals surface area (Å²) in [6.45, 7) is 0.852. The maximum atomic E-state index is 13.5. The molecule has 1 aliphatic rings. The summed E-state index contributed by atoms with van der Waals surface area (Å²) >= 11 is 0. The van der Waals surface area contributed by atoms with Crippen molar-refractivity contribution in [3.8, 4) is 0 Å². The molecule has 3 aromatic rings. The highest BCUT2D eigenvalue weighted by Crippen LogP contribution is 2.53. The lowest BCUT2D eigenvalue weighted by Gasteiger charge is -2.26. The topological polar surface area (TPSA) is 62.5 Å². The van der Waals surface area contributed by atoms with E-state index in [1.165, 1.54) is 19.3 Å². The second-order valence-corrected chi connectivity index (χ2v) is 8.56. The van der Waals surface area contributed by atoms with Gasteiger partial charge in [-0.3, -0.25) is 4.79 Å². The summed E-state index contributed by atoms with van der Waals surface area (Å²) in [5.41, 5.74) is 2.01. The number of halogens is 5. The Balaban J connectivity index is 0.000000275. The van der Waals surface area contributed by atoms with Crippen molar-refractivity contribution >= 4 is 26.0 Å². The van der Waals surface area contributed by atoms with Crippen molar-refractivity contribution in [2.75, 3.05) is 24.8 Å². The maximum absolute atomic E-state index is 13.5. The molecule has 6 nitrogen and oxygen atoms in total. The smallest absolute Gasteiger partial charge is 0.348 e. The fraction of sp³-hybridized carbons (Fsp3) is 0.350. The molecule has 0 amide bonds. The molecule has 0 radical (unpaired) electrons. The Morgan fingerprint density at radius 1 is 1.28 bits per heavy atom. The molecule has 3 heterocycles. The van der Waals surface area contributed by atoms with Crippen LogP contribution >= 0.6 is 8.23 Å². The van der Waals surface area contributed by atoms with Crippen LogP contribution in [0, 0.1) is 5.82 Å². The molecule has 172 valence electrons. The Hall–Kier alpha value is -2.65. The molecule has 0 aliphatic carbocycles. The van der Waals surface area contributed by atoms with Gasteiger partial charge in [0, 0.05) is 6.54 Å². The molecule has 32 heavy (non-hydrogen) atoms. The summed E-state index contributed by atoms with van der Waals surface area (Å²) in [6.07, 6.45) is 3.61. The zero-order chi connectivity index (χ0) is 23.3. The number of imidazole rings is 1. The number of alkyl halides is 3. The van der Waals surface area contributed by atoms with Crippen molar-refractivity contribution in [3.05, 3.63) is 59.7 Å². The summed E-state index contributed by atoms with van der Waals surface area (Å²) in [5.74, 6) is -4.11. The normalized spacial score (nSPS) is 17.2. The fourth-order valence-corrected chi connectivity index (χ4v) is 3.90. The molecule has 4 rings (SSSR count). The molecule has 1 saturated heterocycles. The third-order valence-electron chi connectivity index (χ3n) is 4.85. The first-order chi connectivity index (χ1) is 15.2. The summed E-state index contributed by atoms with van der Waals surface area (Å²) in [6, 6.07) is 10.5. The van der Waals surface area contributed by atoms with Crippen LogP contribution in [-0.2, 0) is 0 Å². The zero-order valence-electron chi connectivity index (χ0n) is 17.1. The fourth-order valence-electron chi connectivity index (χ4n) is 3.44. The molecule has 1 fully saturated rings. The summed E-state index contributed by atoms with van der Waals surface area (Å²) < 4.78 is 60.6. The number of aromatic nitrogens is 3. The molecule has 1 N–H and O–H groups in total. The van der Waals surface area contributed by atoms with Crippen LogP contribution in [0.4, 0.5) is 27.6 Å². The highest BCUT2D eigenvalue weighted by molar-refractivity contribution is 7.53. The molecule has 0 spiro atoms. The molecule has 2 aromatic heterocycles. The molecular weight excluding hydrogens is 452 g/mol. The number of aldehydes is 1. The van der Waals surface area contributed by atoms with Crippen molar-refractivity contribution < 1.29 is 26.6 Å². The van der Waals surface area contributed by atoms with Crippen LogP contribution in [0.1, 0.15) is 34.9 Å². The van der Waals surface area contributed by atoms with E-state index in [0.29, 0.717) is 11.3 Å². The monoisotopic (exact) mass is 473 g/mol. The number of nitrogens with zero attached hydrogens (tertiary/aromatic N) is 4. The number of carbonyl (C=O) groups is 1. The number of fused-ring (bicyclic) bond motifs is 1. The van der Waals surface area contributed by atoms with E-state index in [1.807, 2.05) is 18.2 Å². The Kier molecular flexibility index (Phi) is 7.73. The number of carbonyl (C=O) groups excluding carboxylic acids is 1. The number of nitrogens with one attached hydrogen (secondary N) is 1. The Morgan fingerprint density at radius 2 is 2.06 bits per heavy atom. The summed E-state index contributed by atoms with van der Waals surface area (Å²) in [4.78, 5) is 17.4. The van der Waals surface area contributed by atoms with Gasteiger partial charge in [-0.2, -0.15) is 13.2 Å². The number of hydrogen-bond acceptors (Lipinski definition) is 5. The minimum Gasteiger partial charge on any atom is -0.348 e.